The van der Waals surface area contributed by atoms with E-state index in [1.165, 1.54) is 11.3 Å². The number of nitrogens with zero attached hydrogens (tertiary/aromatic N) is 1. The fourth-order valence-electron chi connectivity index (χ4n) is 2.51. The standard InChI is InChI=1S/C21H22N2O3S/c1-3-11-26-18-10-9-16(12-19(18)25-2)21-23-17(14-27-21)20(24)22-13-15-7-5-4-6-8-15/h4-10,12,14H,3,11,13H2,1-2H3,(H,22,24). The largest absolute Gasteiger partial charge is 0.493 e. The van der Waals surface area contributed by atoms with Gasteiger partial charge < -0.3 is 14.8 Å². The van der Waals surface area contributed by atoms with Crippen LogP contribution in [0.5, 0.6) is 11.5 Å². The number of aromatic nitrogens is 1. The minimum atomic E-state index is -0.184. The molecule has 5 nitrogen and oxygen atoms in total. The van der Waals surface area contributed by atoms with Gasteiger partial charge in [-0.2, -0.15) is 0 Å². The molecule has 0 aliphatic heterocycles. The summed E-state index contributed by atoms with van der Waals surface area (Å²) in [4.78, 5) is 16.8. The maximum absolute atomic E-state index is 12.3. The van der Waals surface area contributed by atoms with Crippen LogP contribution in [0.4, 0.5) is 0 Å². The van der Waals surface area contributed by atoms with Gasteiger partial charge in [-0.05, 0) is 30.2 Å². The number of thiazole rings is 1. The molecule has 1 N–H and O–H groups in total. The number of hydrogen-bond donors (Lipinski definition) is 1. The van der Waals surface area contributed by atoms with E-state index in [1.807, 2.05) is 48.5 Å². The zero-order valence-electron chi connectivity index (χ0n) is 15.4. The second-order valence-corrected chi connectivity index (χ2v) is 6.78. The fourth-order valence-corrected chi connectivity index (χ4v) is 3.31. The van der Waals surface area contributed by atoms with E-state index in [9.17, 15) is 4.79 Å². The van der Waals surface area contributed by atoms with E-state index < -0.39 is 0 Å². The molecule has 0 radical (unpaired) electrons. The molecule has 1 heterocycles. The van der Waals surface area contributed by atoms with Crippen LogP contribution >= 0.6 is 11.3 Å². The van der Waals surface area contributed by atoms with E-state index in [-0.39, 0.29) is 5.91 Å². The predicted molar refractivity (Wildman–Crippen MR) is 108 cm³/mol. The third-order valence-corrected chi connectivity index (χ3v) is 4.80. The van der Waals surface area contributed by atoms with Crippen molar-refractivity contribution < 1.29 is 14.3 Å². The number of ether oxygens (including phenoxy) is 2. The van der Waals surface area contributed by atoms with Crippen molar-refractivity contribution in [2.75, 3.05) is 13.7 Å². The Hall–Kier alpha value is -2.86. The molecule has 1 amide bonds. The molecular formula is C21H22N2O3S. The van der Waals surface area contributed by atoms with Crippen molar-refractivity contribution in [1.29, 1.82) is 0 Å². The van der Waals surface area contributed by atoms with Gasteiger partial charge in [0.15, 0.2) is 11.5 Å². The van der Waals surface area contributed by atoms with Gasteiger partial charge >= 0.3 is 0 Å². The van der Waals surface area contributed by atoms with Crippen LogP contribution in [-0.4, -0.2) is 24.6 Å². The average Bonchev–Trinajstić information content (AvgIpc) is 3.21. The molecule has 0 unspecified atom stereocenters. The van der Waals surface area contributed by atoms with Gasteiger partial charge in [-0.3, -0.25) is 4.79 Å². The van der Waals surface area contributed by atoms with Crippen molar-refractivity contribution in [3.8, 4) is 22.1 Å². The first-order chi connectivity index (χ1) is 13.2. The molecule has 6 heteroatoms. The van der Waals surface area contributed by atoms with E-state index in [2.05, 4.69) is 17.2 Å². The summed E-state index contributed by atoms with van der Waals surface area (Å²) in [7, 11) is 1.61. The number of carbonyl (C=O) groups excluding carboxylic acids is 1. The molecule has 0 aliphatic rings. The third kappa shape index (κ3) is 4.86. The Bertz CT molecular complexity index is 893. The van der Waals surface area contributed by atoms with Crippen molar-refractivity contribution in [2.45, 2.75) is 19.9 Å². The Kier molecular flexibility index (Phi) is 6.44. The number of benzene rings is 2. The number of carbonyl (C=O) groups is 1. The quantitative estimate of drug-likeness (QED) is 0.621. The Balaban J connectivity index is 1.70. The summed E-state index contributed by atoms with van der Waals surface area (Å²) in [6.07, 6.45) is 0.929. The lowest BCUT2D eigenvalue weighted by atomic mass is 10.2. The summed E-state index contributed by atoms with van der Waals surface area (Å²) in [5, 5.41) is 5.43. The number of hydrogen-bond acceptors (Lipinski definition) is 5. The molecule has 27 heavy (non-hydrogen) atoms. The second kappa shape index (κ2) is 9.19. The average molecular weight is 382 g/mol. The number of rotatable bonds is 8. The molecule has 0 saturated heterocycles. The van der Waals surface area contributed by atoms with Gasteiger partial charge in [-0.25, -0.2) is 4.98 Å². The van der Waals surface area contributed by atoms with Gasteiger partial charge in [-0.1, -0.05) is 37.3 Å². The SMILES string of the molecule is CCCOc1ccc(-c2nc(C(=O)NCc3ccccc3)cs2)cc1OC. The van der Waals surface area contributed by atoms with Crippen LogP contribution in [0.1, 0.15) is 29.4 Å². The Morgan fingerprint density at radius 3 is 2.70 bits per heavy atom. The Labute approximate surface area is 163 Å². The highest BCUT2D eigenvalue weighted by molar-refractivity contribution is 7.13. The highest BCUT2D eigenvalue weighted by atomic mass is 32.1. The summed E-state index contributed by atoms with van der Waals surface area (Å²) in [6, 6.07) is 15.5. The van der Waals surface area contributed by atoms with Crippen LogP contribution in [-0.2, 0) is 6.54 Å². The van der Waals surface area contributed by atoms with E-state index in [0.717, 1.165) is 22.6 Å². The minimum absolute atomic E-state index is 0.184. The topological polar surface area (TPSA) is 60.5 Å². The van der Waals surface area contributed by atoms with Crippen LogP contribution < -0.4 is 14.8 Å². The maximum atomic E-state index is 12.3. The zero-order chi connectivity index (χ0) is 19.1. The number of amides is 1. The maximum Gasteiger partial charge on any atom is 0.271 e. The van der Waals surface area contributed by atoms with Gasteiger partial charge in [0.1, 0.15) is 10.7 Å². The molecule has 0 bridgehead atoms. The molecule has 2 aromatic carbocycles. The first-order valence-electron chi connectivity index (χ1n) is 8.80. The fraction of sp³-hybridized carbons (Fsp3) is 0.238. The first-order valence-corrected chi connectivity index (χ1v) is 9.68. The van der Waals surface area contributed by atoms with Crippen molar-refractivity contribution >= 4 is 17.2 Å². The first kappa shape index (κ1) is 18.9. The van der Waals surface area contributed by atoms with E-state index >= 15 is 0 Å². The van der Waals surface area contributed by atoms with Crippen molar-refractivity contribution in [1.82, 2.24) is 10.3 Å². The van der Waals surface area contributed by atoms with E-state index in [4.69, 9.17) is 9.47 Å². The monoisotopic (exact) mass is 382 g/mol. The highest BCUT2D eigenvalue weighted by Gasteiger charge is 2.14. The van der Waals surface area contributed by atoms with Crippen LogP contribution in [0.2, 0.25) is 0 Å². The summed E-state index contributed by atoms with van der Waals surface area (Å²) >= 11 is 1.43. The van der Waals surface area contributed by atoms with E-state index in [0.29, 0.717) is 30.3 Å². The summed E-state index contributed by atoms with van der Waals surface area (Å²) in [5.74, 6) is 1.18. The van der Waals surface area contributed by atoms with Crippen molar-refractivity contribution in [2.24, 2.45) is 0 Å². The Morgan fingerprint density at radius 1 is 1.15 bits per heavy atom. The molecule has 1 aromatic heterocycles. The van der Waals surface area contributed by atoms with Crippen molar-refractivity contribution in [3.05, 3.63) is 65.2 Å². The summed E-state index contributed by atoms with van der Waals surface area (Å²) < 4.78 is 11.1. The molecule has 0 atom stereocenters. The molecular weight excluding hydrogens is 360 g/mol. The summed E-state index contributed by atoms with van der Waals surface area (Å²) in [6.45, 7) is 3.17. The lowest BCUT2D eigenvalue weighted by Crippen LogP contribution is -2.23. The summed E-state index contributed by atoms with van der Waals surface area (Å²) in [5.41, 5.74) is 2.35. The Morgan fingerprint density at radius 2 is 1.96 bits per heavy atom. The highest BCUT2D eigenvalue weighted by Crippen LogP contribution is 2.33. The smallest absolute Gasteiger partial charge is 0.271 e. The third-order valence-electron chi connectivity index (χ3n) is 3.90. The van der Waals surface area contributed by atoms with Crippen LogP contribution in [0.25, 0.3) is 10.6 Å². The van der Waals surface area contributed by atoms with Crippen molar-refractivity contribution in [3.63, 3.8) is 0 Å². The minimum Gasteiger partial charge on any atom is -0.493 e. The molecule has 0 spiro atoms. The van der Waals surface area contributed by atoms with E-state index in [1.54, 1.807) is 12.5 Å². The molecule has 0 fully saturated rings. The van der Waals surface area contributed by atoms with Gasteiger partial charge in [0.05, 0.1) is 13.7 Å². The molecule has 0 saturated carbocycles. The molecule has 0 aliphatic carbocycles. The predicted octanol–water partition coefficient (Wildman–Crippen LogP) is 4.54. The van der Waals surface area contributed by atoms with Crippen LogP contribution in [0.3, 0.4) is 0 Å². The molecule has 3 aromatic rings. The lowest BCUT2D eigenvalue weighted by Gasteiger charge is -2.10. The number of methoxy groups -OCH3 is 1. The van der Waals surface area contributed by atoms with Crippen LogP contribution in [0, 0.1) is 0 Å². The number of nitrogens with one attached hydrogen (secondary N) is 1. The zero-order valence-corrected chi connectivity index (χ0v) is 16.2. The molecule has 140 valence electrons. The van der Waals surface area contributed by atoms with Gasteiger partial charge in [0.25, 0.3) is 5.91 Å². The second-order valence-electron chi connectivity index (χ2n) is 5.92. The normalized spacial score (nSPS) is 10.4. The molecule has 3 rings (SSSR count). The lowest BCUT2D eigenvalue weighted by molar-refractivity contribution is 0.0946. The van der Waals surface area contributed by atoms with Crippen LogP contribution in [0.15, 0.2) is 53.9 Å². The van der Waals surface area contributed by atoms with Gasteiger partial charge in [0.2, 0.25) is 0 Å². The van der Waals surface area contributed by atoms with Gasteiger partial charge in [-0.15, -0.1) is 11.3 Å². The van der Waals surface area contributed by atoms with Gasteiger partial charge in [0, 0.05) is 17.5 Å².